The molecule has 0 spiro atoms. The number of Topliss-reactive ketones (excluding diaryl/α,β-unsaturated/α-hetero) is 1. The van der Waals surface area contributed by atoms with Gasteiger partial charge in [0.1, 0.15) is 12.4 Å². The predicted octanol–water partition coefficient (Wildman–Crippen LogP) is 2.63. The molecule has 0 bridgehead atoms. The molecule has 0 atom stereocenters. The van der Waals surface area contributed by atoms with Gasteiger partial charge in [-0.15, -0.1) is 0 Å². The molecular weight excluding hydrogens is 247 g/mol. The molecule has 1 aromatic carbocycles. The fourth-order valence-electron chi connectivity index (χ4n) is 1.53. The largest absolute Gasteiger partial charge is 0.379 e. The number of carbonyl (C=O) groups excluding carboxylic acids is 1. The van der Waals surface area contributed by atoms with Crippen LogP contribution in [0.3, 0.4) is 0 Å². The molecule has 0 aliphatic rings. The van der Waals surface area contributed by atoms with Crippen molar-refractivity contribution in [2.75, 3.05) is 26.4 Å². The summed E-state index contributed by atoms with van der Waals surface area (Å²) < 4.78 is 23.8. The Kier molecular flexibility index (Phi) is 7.30. The normalized spacial score (nSPS) is 10.9. The topological polar surface area (TPSA) is 35.5 Å². The van der Waals surface area contributed by atoms with Crippen molar-refractivity contribution in [2.45, 2.75) is 20.3 Å². The molecule has 3 nitrogen and oxygen atoms in total. The van der Waals surface area contributed by atoms with E-state index in [-0.39, 0.29) is 24.6 Å². The third-order valence-electron chi connectivity index (χ3n) is 2.43. The van der Waals surface area contributed by atoms with Gasteiger partial charge in [0.05, 0.1) is 13.2 Å². The number of ether oxygens (including phenoxy) is 2. The van der Waals surface area contributed by atoms with E-state index < -0.39 is 0 Å². The molecule has 0 fully saturated rings. The summed E-state index contributed by atoms with van der Waals surface area (Å²) in [5, 5.41) is 0. The Morgan fingerprint density at radius 3 is 2.58 bits per heavy atom. The molecular formula is C15H21FO3. The maximum Gasteiger partial charge on any atom is 0.162 e. The number of hydrogen-bond donors (Lipinski definition) is 0. The molecule has 19 heavy (non-hydrogen) atoms. The molecule has 0 unspecified atom stereocenters. The zero-order valence-electron chi connectivity index (χ0n) is 11.5. The molecule has 0 N–H and O–H groups in total. The van der Waals surface area contributed by atoms with Crippen LogP contribution in [0.25, 0.3) is 0 Å². The Morgan fingerprint density at radius 1 is 1.21 bits per heavy atom. The zero-order valence-corrected chi connectivity index (χ0v) is 11.5. The van der Waals surface area contributed by atoms with Crippen LogP contribution in [0, 0.1) is 11.7 Å². The van der Waals surface area contributed by atoms with E-state index in [1.54, 1.807) is 18.2 Å². The zero-order chi connectivity index (χ0) is 14.1. The van der Waals surface area contributed by atoms with Gasteiger partial charge < -0.3 is 9.47 Å². The van der Waals surface area contributed by atoms with Crippen molar-refractivity contribution in [2.24, 2.45) is 5.92 Å². The molecule has 0 aromatic heterocycles. The molecule has 1 aromatic rings. The van der Waals surface area contributed by atoms with E-state index in [1.807, 2.05) is 0 Å². The first-order valence-corrected chi connectivity index (χ1v) is 6.50. The Labute approximate surface area is 113 Å². The minimum absolute atomic E-state index is 0.000622. The van der Waals surface area contributed by atoms with Crippen molar-refractivity contribution >= 4 is 5.78 Å². The van der Waals surface area contributed by atoms with Crippen LogP contribution >= 0.6 is 0 Å². The van der Waals surface area contributed by atoms with Gasteiger partial charge in [-0.05, 0) is 17.5 Å². The van der Waals surface area contributed by atoms with Crippen LogP contribution in [0.1, 0.15) is 19.4 Å². The van der Waals surface area contributed by atoms with Crippen LogP contribution < -0.4 is 0 Å². The lowest BCUT2D eigenvalue weighted by atomic mass is 10.1. The lowest BCUT2D eigenvalue weighted by molar-refractivity contribution is -0.123. The monoisotopic (exact) mass is 268 g/mol. The Bertz CT molecular complexity index is 391. The number of halogens is 1. The second-order valence-electron chi connectivity index (χ2n) is 4.83. The van der Waals surface area contributed by atoms with Gasteiger partial charge in [-0.25, -0.2) is 4.39 Å². The van der Waals surface area contributed by atoms with Crippen molar-refractivity contribution in [3.05, 3.63) is 35.6 Å². The number of hydrogen-bond acceptors (Lipinski definition) is 3. The summed E-state index contributed by atoms with van der Waals surface area (Å²) in [5.74, 6) is 0.00719. The molecule has 0 aliphatic heterocycles. The van der Waals surface area contributed by atoms with Crippen LogP contribution in [0.4, 0.5) is 4.39 Å². The summed E-state index contributed by atoms with van der Waals surface area (Å²) in [5.41, 5.74) is 0.409. The van der Waals surface area contributed by atoms with E-state index in [0.29, 0.717) is 31.3 Å². The van der Waals surface area contributed by atoms with Gasteiger partial charge in [-0.2, -0.15) is 0 Å². The molecule has 4 heteroatoms. The SMILES string of the molecule is CC(C)COCCOCC(=O)Cc1ccccc1F. The van der Waals surface area contributed by atoms with E-state index in [2.05, 4.69) is 13.8 Å². The molecule has 0 saturated carbocycles. The highest BCUT2D eigenvalue weighted by atomic mass is 19.1. The molecule has 0 heterocycles. The van der Waals surface area contributed by atoms with Gasteiger partial charge in [0.15, 0.2) is 5.78 Å². The average Bonchev–Trinajstić information content (AvgIpc) is 2.36. The van der Waals surface area contributed by atoms with Gasteiger partial charge in [0.2, 0.25) is 0 Å². The Balaban J connectivity index is 2.13. The molecule has 106 valence electrons. The number of carbonyl (C=O) groups is 1. The number of benzene rings is 1. The fraction of sp³-hybridized carbons (Fsp3) is 0.533. The maximum absolute atomic E-state index is 13.3. The first-order chi connectivity index (χ1) is 9.09. The van der Waals surface area contributed by atoms with Gasteiger partial charge in [-0.3, -0.25) is 4.79 Å². The van der Waals surface area contributed by atoms with E-state index >= 15 is 0 Å². The van der Waals surface area contributed by atoms with Crippen molar-refractivity contribution in [1.82, 2.24) is 0 Å². The van der Waals surface area contributed by atoms with E-state index in [9.17, 15) is 9.18 Å². The number of rotatable bonds is 9. The van der Waals surface area contributed by atoms with Gasteiger partial charge >= 0.3 is 0 Å². The van der Waals surface area contributed by atoms with E-state index in [1.165, 1.54) is 6.07 Å². The summed E-state index contributed by atoms with van der Waals surface area (Å²) in [6, 6.07) is 6.28. The first kappa shape index (κ1) is 15.8. The predicted molar refractivity (Wildman–Crippen MR) is 71.6 cm³/mol. The quantitative estimate of drug-likeness (QED) is 0.646. The summed E-state index contributed by atoms with van der Waals surface area (Å²) >= 11 is 0. The highest BCUT2D eigenvalue weighted by Gasteiger charge is 2.07. The second kappa shape index (κ2) is 8.77. The molecule has 0 radical (unpaired) electrons. The first-order valence-electron chi connectivity index (χ1n) is 6.50. The van der Waals surface area contributed by atoms with Crippen LogP contribution in [-0.4, -0.2) is 32.2 Å². The Morgan fingerprint density at radius 2 is 1.89 bits per heavy atom. The van der Waals surface area contributed by atoms with Gasteiger partial charge in [0.25, 0.3) is 0 Å². The highest BCUT2D eigenvalue weighted by Crippen LogP contribution is 2.07. The second-order valence-corrected chi connectivity index (χ2v) is 4.83. The molecule has 0 aliphatic carbocycles. The van der Waals surface area contributed by atoms with Crippen molar-refractivity contribution in [3.63, 3.8) is 0 Å². The van der Waals surface area contributed by atoms with E-state index in [4.69, 9.17) is 9.47 Å². The molecule has 0 saturated heterocycles. The van der Waals surface area contributed by atoms with Gasteiger partial charge in [-0.1, -0.05) is 32.0 Å². The average molecular weight is 268 g/mol. The lowest BCUT2D eigenvalue weighted by Crippen LogP contribution is -2.15. The third kappa shape index (κ3) is 7.03. The van der Waals surface area contributed by atoms with Crippen molar-refractivity contribution in [1.29, 1.82) is 0 Å². The lowest BCUT2D eigenvalue weighted by Gasteiger charge is -2.07. The number of ketones is 1. The summed E-state index contributed by atoms with van der Waals surface area (Å²) in [7, 11) is 0. The van der Waals surface area contributed by atoms with Gasteiger partial charge in [0, 0.05) is 13.0 Å². The fourth-order valence-corrected chi connectivity index (χ4v) is 1.53. The highest BCUT2D eigenvalue weighted by molar-refractivity contribution is 5.82. The molecule has 0 amide bonds. The van der Waals surface area contributed by atoms with E-state index in [0.717, 1.165) is 0 Å². The van der Waals surface area contributed by atoms with Crippen molar-refractivity contribution < 1.29 is 18.7 Å². The molecule has 1 rings (SSSR count). The minimum atomic E-state index is -0.351. The van der Waals surface area contributed by atoms with Crippen LogP contribution in [0.15, 0.2) is 24.3 Å². The minimum Gasteiger partial charge on any atom is -0.379 e. The summed E-state index contributed by atoms with van der Waals surface area (Å²) in [4.78, 5) is 11.6. The van der Waals surface area contributed by atoms with Crippen LogP contribution in [0.5, 0.6) is 0 Å². The van der Waals surface area contributed by atoms with Crippen LogP contribution in [0.2, 0.25) is 0 Å². The summed E-state index contributed by atoms with van der Waals surface area (Å²) in [6.45, 7) is 5.68. The Hall–Kier alpha value is -1.26. The summed E-state index contributed by atoms with van der Waals surface area (Å²) in [6.07, 6.45) is 0.0690. The third-order valence-corrected chi connectivity index (χ3v) is 2.43. The van der Waals surface area contributed by atoms with Crippen LogP contribution in [-0.2, 0) is 20.7 Å². The standard InChI is InChI=1S/C15H21FO3/c1-12(2)10-18-7-8-19-11-14(17)9-13-5-3-4-6-15(13)16/h3-6,12H,7-11H2,1-2H3. The smallest absolute Gasteiger partial charge is 0.162 e. The maximum atomic E-state index is 13.3. The van der Waals surface area contributed by atoms with Crippen molar-refractivity contribution in [3.8, 4) is 0 Å².